The molecule has 6 heteroatoms. The average Bonchev–Trinajstić information content (AvgIpc) is 3.33. The molecule has 0 saturated carbocycles. The van der Waals surface area contributed by atoms with Gasteiger partial charge in [-0.1, -0.05) is 90.6 Å². The molecule has 166 valence electrons. The maximum absolute atomic E-state index is 12.5. The van der Waals surface area contributed by atoms with Crippen molar-refractivity contribution >= 4 is 23.4 Å². The molecule has 0 unspecified atom stereocenters. The van der Waals surface area contributed by atoms with Gasteiger partial charge in [-0.2, -0.15) is 0 Å². The number of para-hydroxylation sites is 2. The third kappa shape index (κ3) is 4.92. The first-order valence-electron chi connectivity index (χ1n) is 10.9. The highest BCUT2D eigenvalue weighted by Crippen LogP contribution is 2.29. The summed E-state index contributed by atoms with van der Waals surface area (Å²) in [7, 11) is 0. The fraction of sp³-hybridized carbons (Fsp3) is 0.0357. The van der Waals surface area contributed by atoms with Crippen molar-refractivity contribution in [3.63, 3.8) is 0 Å². The summed E-state index contributed by atoms with van der Waals surface area (Å²) in [6, 6.07) is 37.3. The average molecular weight is 463 g/mol. The van der Waals surface area contributed by atoms with Crippen LogP contribution in [0.25, 0.3) is 17.1 Å². The quantitative estimate of drug-likeness (QED) is 0.281. The van der Waals surface area contributed by atoms with Gasteiger partial charge in [0.05, 0.1) is 0 Å². The molecule has 0 radical (unpaired) electrons. The van der Waals surface area contributed by atoms with Gasteiger partial charge in [0.15, 0.2) is 11.0 Å². The monoisotopic (exact) mass is 462 g/mol. The summed E-state index contributed by atoms with van der Waals surface area (Å²) in [4.78, 5) is 12.5. The van der Waals surface area contributed by atoms with Gasteiger partial charge in [-0.15, -0.1) is 10.2 Å². The summed E-state index contributed by atoms with van der Waals surface area (Å²) in [6.45, 7) is 0. The van der Waals surface area contributed by atoms with E-state index < -0.39 is 0 Å². The predicted molar refractivity (Wildman–Crippen MR) is 137 cm³/mol. The molecule has 4 aromatic carbocycles. The topological polar surface area (TPSA) is 59.8 Å². The van der Waals surface area contributed by atoms with Crippen LogP contribution in [0.2, 0.25) is 0 Å². The van der Waals surface area contributed by atoms with Crippen molar-refractivity contribution in [2.24, 2.45) is 0 Å². The van der Waals surface area contributed by atoms with E-state index in [4.69, 9.17) is 0 Å². The van der Waals surface area contributed by atoms with Crippen molar-refractivity contribution in [3.8, 4) is 17.1 Å². The van der Waals surface area contributed by atoms with E-state index >= 15 is 0 Å². The van der Waals surface area contributed by atoms with Gasteiger partial charge in [0.25, 0.3) is 5.91 Å². The van der Waals surface area contributed by atoms with Crippen LogP contribution < -0.4 is 5.32 Å². The molecule has 1 heterocycles. The Morgan fingerprint density at radius 2 is 1.35 bits per heavy atom. The first-order chi connectivity index (χ1) is 16.8. The molecule has 34 heavy (non-hydrogen) atoms. The van der Waals surface area contributed by atoms with Crippen LogP contribution >= 0.6 is 11.8 Å². The molecule has 0 spiro atoms. The molecule has 5 nitrogen and oxygen atoms in total. The molecule has 5 aromatic rings. The molecule has 0 saturated heterocycles. The molecule has 1 N–H and O–H groups in total. The predicted octanol–water partition coefficient (Wildman–Crippen LogP) is 6.48. The molecule has 0 bridgehead atoms. The number of benzene rings is 4. The lowest BCUT2D eigenvalue weighted by Crippen LogP contribution is -2.11. The second kappa shape index (κ2) is 10.2. The van der Waals surface area contributed by atoms with Gasteiger partial charge >= 0.3 is 0 Å². The van der Waals surface area contributed by atoms with Gasteiger partial charge in [0.1, 0.15) is 0 Å². The molecular weight excluding hydrogens is 440 g/mol. The van der Waals surface area contributed by atoms with E-state index in [1.54, 1.807) is 11.8 Å². The minimum Gasteiger partial charge on any atom is -0.322 e. The van der Waals surface area contributed by atoms with Crippen LogP contribution in [0.3, 0.4) is 0 Å². The van der Waals surface area contributed by atoms with Crippen molar-refractivity contribution in [2.45, 2.75) is 10.9 Å². The molecule has 0 atom stereocenters. The van der Waals surface area contributed by atoms with Crippen LogP contribution in [0.4, 0.5) is 5.69 Å². The number of thioether (sulfide) groups is 1. The zero-order valence-corrected chi connectivity index (χ0v) is 19.2. The Hall–Kier alpha value is -4.16. The first-order valence-corrected chi connectivity index (χ1v) is 11.9. The second-order valence-electron chi connectivity index (χ2n) is 7.65. The Kier molecular flexibility index (Phi) is 6.49. The third-order valence-electron chi connectivity index (χ3n) is 5.30. The van der Waals surface area contributed by atoms with E-state index in [0.717, 1.165) is 33.5 Å². The van der Waals surface area contributed by atoms with E-state index in [2.05, 4.69) is 32.2 Å². The van der Waals surface area contributed by atoms with E-state index in [1.165, 1.54) is 0 Å². The number of nitrogens with zero attached hydrogens (tertiary/aromatic N) is 3. The zero-order chi connectivity index (χ0) is 23.2. The number of hydrogen-bond acceptors (Lipinski definition) is 4. The molecule has 0 aliphatic carbocycles. The summed E-state index contributed by atoms with van der Waals surface area (Å²) in [5.74, 6) is 1.39. The molecule has 5 rings (SSSR count). The maximum Gasteiger partial charge on any atom is 0.255 e. The van der Waals surface area contributed by atoms with Crippen molar-refractivity contribution in [3.05, 3.63) is 126 Å². The third-order valence-corrected chi connectivity index (χ3v) is 6.30. The molecule has 0 aliphatic heterocycles. The van der Waals surface area contributed by atoms with E-state index in [1.807, 2.05) is 103 Å². The van der Waals surface area contributed by atoms with Crippen molar-refractivity contribution < 1.29 is 4.79 Å². The van der Waals surface area contributed by atoms with Gasteiger partial charge in [-0.05, 0) is 42.0 Å². The van der Waals surface area contributed by atoms with Crippen LogP contribution in [0.15, 0.2) is 120 Å². The maximum atomic E-state index is 12.5. The Labute approximate surface area is 202 Å². The molecule has 0 fully saturated rings. The summed E-state index contributed by atoms with van der Waals surface area (Å²) >= 11 is 1.62. The van der Waals surface area contributed by atoms with Crippen LogP contribution in [-0.2, 0) is 5.75 Å². The summed E-state index contributed by atoms with van der Waals surface area (Å²) in [5.41, 5.74) is 4.53. The summed E-state index contributed by atoms with van der Waals surface area (Å²) < 4.78 is 2.08. The van der Waals surface area contributed by atoms with E-state index in [9.17, 15) is 4.79 Å². The van der Waals surface area contributed by atoms with Gasteiger partial charge in [-0.3, -0.25) is 9.36 Å². The van der Waals surface area contributed by atoms with Gasteiger partial charge in [0.2, 0.25) is 0 Å². The lowest BCUT2D eigenvalue weighted by molar-refractivity contribution is 0.102. The van der Waals surface area contributed by atoms with Crippen LogP contribution in [0.5, 0.6) is 0 Å². The summed E-state index contributed by atoms with van der Waals surface area (Å²) in [6.07, 6.45) is 0. The lowest BCUT2D eigenvalue weighted by Gasteiger charge is -2.10. The highest BCUT2D eigenvalue weighted by molar-refractivity contribution is 7.98. The SMILES string of the molecule is O=C(Nc1ccccc1)c1ccc(CSc2nnc(-c3ccccc3)n2-c2ccccc2)cc1. The smallest absolute Gasteiger partial charge is 0.255 e. The van der Waals surface area contributed by atoms with Gasteiger partial charge < -0.3 is 5.32 Å². The normalized spacial score (nSPS) is 10.7. The number of aromatic nitrogens is 3. The van der Waals surface area contributed by atoms with Crippen molar-refractivity contribution in [1.29, 1.82) is 0 Å². The van der Waals surface area contributed by atoms with Gasteiger partial charge in [-0.25, -0.2) is 0 Å². The Bertz CT molecular complexity index is 1370. The van der Waals surface area contributed by atoms with E-state index in [0.29, 0.717) is 11.3 Å². The fourth-order valence-electron chi connectivity index (χ4n) is 3.57. The number of carbonyl (C=O) groups excluding carboxylic acids is 1. The number of anilines is 1. The van der Waals surface area contributed by atoms with Crippen LogP contribution in [0.1, 0.15) is 15.9 Å². The molecular formula is C28H22N4OS. The Morgan fingerprint density at radius 1 is 0.735 bits per heavy atom. The van der Waals surface area contributed by atoms with Crippen LogP contribution in [-0.4, -0.2) is 20.7 Å². The lowest BCUT2D eigenvalue weighted by atomic mass is 10.1. The number of hydrogen-bond donors (Lipinski definition) is 1. The largest absolute Gasteiger partial charge is 0.322 e. The van der Waals surface area contributed by atoms with Crippen LogP contribution in [0, 0.1) is 0 Å². The van der Waals surface area contributed by atoms with E-state index in [-0.39, 0.29) is 5.91 Å². The minimum absolute atomic E-state index is 0.123. The zero-order valence-electron chi connectivity index (χ0n) is 18.3. The second-order valence-corrected chi connectivity index (χ2v) is 8.59. The molecule has 0 aliphatic rings. The Balaban J connectivity index is 1.33. The minimum atomic E-state index is -0.123. The molecule has 1 amide bonds. The summed E-state index contributed by atoms with van der Waals surface area (Å²) in [5, 5.41) is 12.7. The Morgan fingerprint density at radius 3 is 2.03 bits per heavy atom. The van der Waals surface area contributed by atoms with Gasteiger partial charge in [0, 0.05) is 28.3 Å². The number of carbonyl (C=O) groups is 1. The number of amides is 1. The number of rotatable bonds is 7. The number of nitrogens with one attached hydrogen (secondary N) is 1. The molecule has 1 aromatic heterocycles. The standard InChI is InChI=1S/C28H22N4OS/c33-27(29-24-12-6-2-7-13-24)23-18-16-21(17-19-23)20-34-28-31-30-26(22-10-4-1-5-11-22)32(28)25-14-8-3-9-15-25/h1-19H,20H2,(H,29,33). The first kappa shape index (κ1) is 21.7. The highest BCUT2D eigenvalue weighted by atomic mass is 32.2. The highest BCUT2D eigenvalue weighted by Gasteiger charge is 2.16. The van der Waals surface area contributed by atoms with Crippen molar-refractivity contribution in [1.82, 2.24) is 14.8 Å². The van der Waals surface area contributed by atoms with Crippen molar-refractivity contribution in [2.75, 3.05) is 5.32 Å². The fourth-order valence-corrected chi connectivity index (χ4v) is 4.48.